The van der Waals surface area contributed by atoms with E-state index in [-0.39, 0.29) is 0 Å². The van der Waals surface area contributed by atoms with Gasteiger partial charge in [-0.25, -0.2) is 0 Å². The topological polar surface area (TPSA) is 53.0 Å². The molecular weight excluding hydrogens is 246 g/mol. The molecular formula is C17H19N3. The van der Waals surface area contributed by atoms with Crippen LogP contribution < -0.4 is 10.6 Å². The van der Waals surface area contributed by atoms with Gasteiger partial charge in [-0.15, -0.1) is 0 Å². The molecule has 0 heterocycles. The predicted molar refractivity (Wildman–Crippen MR) is 84.3 cm³/mol. The lowest BCUT2D eigenvalue weighted by molar-refractivity contribution is 1.16. The maximum absolute atomic E-state index is 8.90. The quantitative estimate of drug-likeness (QED) is 0.839. The van der Waals surface area contributed by atoms with Crippen molar-refractivity contribution in [3.05, 3.63) is 52.6 Å². The van der Waals surface area contributed by atoms with Gasteiger partial charge in [-0.2, -0.15) is 5.26 Å². The SMILES string of the molecule is Cc1ccc(N(C)c2ccc(C#N)cc2N)c(C)c1C. The standard InChI is InChI=1S/C17H19N3/c1-11-5-7-16(13(3)12(11)2)20(4)17-8-6-14(10-18)9-15(17)19/h5-9H,19H2,1-4H3. The van der Waals surface area contributed by atoms with Crippen LogP contribution in [0.4, 0.5) is 17.1 Å². The highest BCUT2D eigenvalue weighted by molar-refractivity contribution is 5.77. The van der Waals surface area contributed by atoms with Gasteiger partial charge in [0.15, 0.2) is 0 Å². The molecule has 0 unspecified atom stereocenters. The first-order valence-electron chi connectivity index (χ1n) is 6.56. The maximum Gasteiger partial charge on any atom is 0.0992 e. The third kappa shape index (κ3) is 2.33. The van der Waals surface area contributed by atoms with Gasteiger partial charge >= 0.3 is 0 Å². The maximum atomic E-state index is 8.90. The van der Waals surface area contributed by atoms with Crippen molar-refractivity contribution in [2.75, 3.05) is 17.7 Å². The predicted octanol–water partition coefficient (Wildman–Crippen LogP) is 3.83. The summed E-state index contributed by atoms with van der Waals surface area (Å²) in [6, 6.07) is 11.7. The first-order valence-corrected chi connectivity index (χ1v) is 6.56. The van der Waals surface area contributed by atoms with Crippen LogP contribution in [0, 0.1) is 32.1 Å². The molecule has 102 valence electrons. The number of aryl methyl sites for hydroxylation is 1. The average Bonchev–Trinajstić information content (AvgIpc) is 2.44. The number of hydrogen-bond donors (Lipinski definition) is 1. The molecule has 0 amide bonds. The van der Waals surface area contributed by atoms with Crippen LogP contribution in [0.15, 0.2) is 30.3 Å². The van der Waals surface area contributed by atoms with Crippen molar-refractivity contribution < 1.29 is 0 Å². The Morgan fingerprint density at radius 2 is 1.65 bits per heavy atom. The van der Waals surface area contributed by atoms with E-state index in [9.17, 15) is 0 Å². The van der Waals surface area contributed by atoms with Crippen molar-refractivity contribution in [3.8, 4) is 6.07 Å². The van der Waals surface area contributed by atoms with E-state index in [0.29, 0.717) is 11.3 Å². The number of nitriles is 1. The van der Waals surface area contributed by atoms with Crippen molar-refractivity contribution in [2.24, 2.45) is 0 Å². The van der Waals surface area contributed by atoms with Crippen LogP contribution in [0.2, 0.25) is 0 Å². The van der Waals surface area contributed by atoms with Crippen LogP contribution in [0.3, 0.4) is 0 Å². The minimum Gasteiger partial charge on any atom is -0.397 e. The summed E-state index contributed by atoms with van der Waals surface area (Å²) in [7, 11) is 1.99. The number of hydrogen-bond acceptors (Lipinski definition) is 3. The van der Waals surface area contributed by atoms with Gasteiger partial charge in [-0.1, -0.05) is 6.07 Å². The summed E-state index contributed by atoms with van der Waals surface area (Å²) in [4.78, 5) is 2.07. The summed E-state index contributed by atoms with van der Waals surface area (Å²) in [5.41, 5.74) is 13.1. The van der Waals surface area contributed by atoms with Crippen LogP contribution in [-0.2, 0) is 0 Å². The molecule has 0 fully saturated rings. The fourth-order valence-corrected chi connectivity index (χ4v) is 2.36. The van der Waals surface area contributed by atoms with Gasteiger partial charge in [0, 0.05) is 12.7 Å². The molecule has 0 saturated carbocycles. The molecule has 0 aliphatic rings. The molecule has 2 aromatic rings. The average molecular weight is 265 g/mol. The van der Waals surface area contributed by atoms with E-state index in [0.717, 1.165) is 11.4 Å². The Labute approximate surface area is 120 Å². The van der Waals surface area contributed by atoms with Gasteiger partial charge < -0.3 is 10.6 Å². The number of nitrogens with two attached hydrogens (primary N) is 1. The lowest BCUT2D eigenvalue weighted by Crippen LogP contribution is -2.13. The summed E-state index contributed by atoms with van der Waals surface area (Å²) >= 11 is 0. The fourth-order valence-electron chi connectivity index (χ4n) is 2.36. The van der Waals surface area contributed by atoms with Crippen LogP contribution in [0.25, 0.3) is 0 Å². The van der Waals surface area contributed by atoms with Crippen molar-refractivity contribution in [3.63, 3.8) is 0 Å². The molecule has 0 bridgehead atoms. The van der Waals surface area contributed by atoms with E-state index < -0.39 is 0 Å². The van der Waals surface area contributed by atoms with Gasteiger partial charge in [-0.3, -0.25) is 0 Å². The number of benzene rings is 2. The Hall–Kier alpha value is -2.47. The highest BCUT2D eigenvalue weighted by Gasteiger charge is 2.12. The molecule has 2 aromatic carbocycles. The summed E-state index contributed by atoms with van der Waals surface area (Å²) < 4.78 is 0. The smallest absolute Gasteiger partial charge is 0.0992 e. The van der Waals surface area contributed by atoms with Crippen molar-refractivity contribution >= 4 is 17.1 Å². The van der Waals surface area contributed by atoms with Gasteiger partial charge in [0.05, 0.1) is 23.0 Å². The van der Waals surface area contributed by atoms with Gasteiger partial charge in [0.25, 0.3) is 0 Å². The van der Waals surface area contributed by atoms with Gasteiger partial charge in [0.2, 0.25) is 0 Å². The van der Waals surface area contributed by atoms with Crippen LogP contribution in [0.5, 0.6) is 0 Å². The van der Waals surface area contributed by atoms with E-state index in [4.69, 9.17) is 11.0 Å². The first-order chi connectivity index (χ1) is 9.45. The van der Waals surface area contributed by atoms with Crippen molar-refractivity contribution in [1.82, 2.24) is 0 Å². The molecule has 0 saturated heterocycles. The molecule has 0 aliphatic heterocycles. The molecule has 2 N–H and O–H groups in total. The molecule has 2 rings (SSSR count). The number of rotatable bonds is 2. The van der Waals surface area contributed by atoms with E-state index in [1.807, 2.05) is 13.1 Å². The van der Waals surface area contributed by atoms with Crippen molar-refractivity contribution in [1.29, 1.82) is 5.26 Å². The second kappa shape index (κ2) is 5.26. The summed E-state index contributed by atoms with van der Waals surface area (Å²) in [5.74, 6) is 0. The Bertz CT molecular complexity index is 696. The zero-order valence-electron chi connectivity index (χ0n) is 12.4. The van der Waals surface area contributed by atoms with Gasteiger partial charge in [0.1, 0.15) is 0 Å². The highest BCUT2D eigenvalue weighted by Crippen LogP contribution is 2.33. The third-order valence-corrected chi connectivity index (χ3v) is 3.91. The summed E-state index contributed by atoms with van der Waals surface area (Å²) in [5, 5.41) is 8.90. The molecule has 0 atom stereocenters. The molecule has 20 heavy (non-hydrogen) atoms. The largest absolute Gasteiger partial charge is 0.397 e. The van der Waals surface area contributed by atoms with E-state index in [1.54, 1.807) is 12.1 Å². The molecule has 0 radical (unpaired) electrons. The zero-order valence-corrected chi connectivity index (χ0v) is 12.4. The normalized spacial score (nSPS) is 10.2. The Morgan fingerprint density at radius 3 is 2.25 bits per heavy atom. The monoisotopic (exact) mass is 265 g/mol. The summed E-state index contributed by atoms with van der Waals surface area (Å²) in [6.07, 6.45) is 0. The minimum absolute atomic E-state index is 0.580. The Balaban J connectivity index is 2.50. The second-order valence-electron chi connectivity index (χ2n) is 5.10. The van der Waals surface area contributed by atoms with Gasteiger partial charge in [-0.05, 0) is 61.7 Å². The second-order valence-corrected chi connectivity index (χ2v) is 5.10. The zero-order chi connectivity index (χ0) is 14.9. The first kappa shape index (κ1) is 14.0. The Morgan fingerprint density at radius 1 is 1.00 bits per heavy atom. The van der Waals surface area contributed by atoms with Crippen LogP contribution in [0.1, 0.15) is 22.3 Å². The summed E-state index contributed by atoms with van der Waals surface area (Å²) in [6.45, 7) is 6.36. The Kier molecular flexibility index (Phi) is 3.67. The molecule has 0 aromatic heterocycles. The number of nitrogen functional groups attached to an aromatic ring is 1. The third-order valence-electron chi connectivity index (χ3n) is 3.91. The van der Waals surface area contributed by atoms with E-state index in [1.165, 1.54) is 16.7 Å². The number of nitrogens with zero attached hydrogens (tertiary/aromatic N) is 2. The lowest BCUT2D eigenvalue weighted by Gasteiger charge is -2.24. The van der Waals surface area contributed by atoms with E-state index >= 15 is 0 Å². The molecule has 0 aliphatic carbocycles. The molecule has 3 nitrogen and oxygen atoms in total. The van der Waals surface area contributed by atoms with E-state index in [2.05, 4.69) is 43.9 Å². The number of anilines is 3. The molecule has 0 spiro atoms. The highest BCUT2D eigenvalue weighted by atomic mass is 15.1. The van der Waals surface area contributed by atoms with Crippen LogP contribution >= 0.6 is 0 Å². The fraction of sp³-hybridized carbons (Fsp3) is 0.235. The minimum atomic E-state index is 0.580. The van der Waals surface area contributed by atoms with Crippen LogP contribution in [-0.4, -0.2) is 7.05 Å². The lowest BCUT2D eigenvalue weighted by atomic mass is 10.0. The van der Waals surface area contributed by atoms with Crippen molar-refractivity contribution in [2.45, 2.75) is 20.8 Å². The molecule has 3 heteroatoms.